The first-order chi connectivity index (χ1) is 12.2. The van der Waals surface area contributed by atoms with E-state index in [0.717, 1.165) is 6.42 Å². The van der Waals surface area contributed by atoms with E-state index in [1.165, 1.54) is 38.2 Å². The quantitative estimate of drug-likeness (QED) is 0.732. The summed E-state index contributed by atoms with van der Waals surface area (Å²) in [6.07, 6.45) is 7.50. The van der Waals surface area contributed by atoms with Crippen molar-refractivity contribution in [3.05, 3.63) is 40.2 Å². The molecular weight excluding hydrogens is 354 g/mol. The van der Waals surface area contributed by atoms with Gasteiger partial charge in [0.25, 0.3) is 0 Å². The minimum absolute atomic E-state index is 0. The van der Waals surface area contributed by atoms with E-state index in [1.54, 1.807) is 18.2 Å². The van der Waals surface area contributed by atoms with Gasteiger partial charge in [-0.05, 0) is 24.5 Å². The van der Waals surface area contributed by atoms with Gasteiger partial charge in [0.05, 0.1) is 5.39 Å². The van der Waals surface area contributed by atoms with E-state index in [9.17, 15) is 9.59 Å². The maximum Gasteiger partial charge on any atom is 0.198 e. The van der Waals surface area contributed by atoms with Crippen molar-refractivity contribution in [3.63, 3.8) is 0 Å². The Kier molecular flexibility index (Phi) is 7.66. The second-order valence-corrected chi connectivity index (χ2v) is 6.71. The lowest BCUT2D eigenvalue weighted by atomic mass is 9.85. The van der Waals surface area contributed by atoms with E-state index in [0.29, 0.717) is 42.2 Å². The van der Waals surface area contributed by atoms with Crippen LogP contribution in [0.15, 0.2) is 33.5 Å². The Hall–Kier alpha value is -1.85. The summed E-state index contributed by atoms with van der Waals surface area (Å²) in [5.41, 5.74) is 5.57. The number of rotatable bonds is 7. The fourth-order valence-corrected chi connectivity index (χ4v) is 3.51. The average Bonchev–Trinajstić information content (AvgIpc) is 2.65. The molecule has 1 aliphatic rings. The minimum Gasteiger partial charge on any atom is -0.488 e. The maximum atomic E-state index is 12.5. The number of fused-ring (bicyclic) bond motifs is 1. The Morgan fingerprint density at radius 1 is 1.23 bits per heavy atom. The van der Waals surface area contributed by atoms with Crippen molar-refractivity contribution < 1.29 is 13.9 Å². The summed E-state index contributed by atoms with van der Waals surface area (Å²) < 4.78 is 11.3. The largest absolute Gasteiger partial charge is 0.488 e. The van der Waals surface area contributed by atoms with Crippen LogP contribution in [0.25, 0.3) is 11.0 Å². The molecule has 0 spiro atoms. The van der Waals surface area contributed by atoms with E-state index in [4.69, 9.17) is 14.9 Å². The molecule has 1 aromatic carbocycles. The number of nitrogens with two attached hydrogens (primary N) is 1. The number of ether oxygens (including phenoxy) is 1. The topological polar surface area (TPSA) is 82.5 Å². The number of para-hydroxylation sites is 1. The Balaban J connectivity index is 0.00000243. The van der Waals surface area contributed by atoms with Crippen LogP contribution in [0.1, 0.15) is 55.5 Å². The zero-order chi connectivity index (χ0) is 17.6. The third kappa shape index (κ3) is 4.86. The minimum atomic E-state index is -0.222. The van der Waals surface area contributed by atoms with Gasteiger partial charge in [-0.1, -0.05) is 38.2 Å². The van der Waals surface area contributed by atoms with Gasteiger partial charge in [0.1, 0.15) is 6.61 Å². The van der Waals surface area contributed by atoms with E-state index in [2.05, 4.69) is 0 Å². The normalized spacial score (nSPS) is 14.8. The lowest BCUT2D eigenvalue weighted by molar-refractivity contribution is 0.0943. The van der Waals surface area contributed by atoms with E-state index < -0.39 is 0 Å². The summed E-state index contributed by atoms with van der Waals surface area (Å²) in [5.74, 6) is 1.07. The molecule has 0 bridgehead atoms. The fourth-order valence-electron chi connectivity index (χ4n) is 3.51. The molecule has 1 saturated carbocycles. The smallest absolute Gasteiger partial charge is 0.198 e. The molecule has 1 heterocycles. The van der Waals surface area contributed by atoms with Crippen molar-refractivity contribution in [3.8, 4) is 5.75 Å². The van der Waals surface area contributed by atoms with Crippen molar-refractivity contribution >= 4 is 29.2 Å². The molecule has 2 aromatic rings. The molecule has 0 radical (unpaired) electrons. The first-order valence-electron chi connectivity index (χ1n) is 9.12. The van der Waals surface area contributed by atoms with Crippen molar-refractivity contribution in [1.29, 1.82) is 0 Å². The van der Waals surface area contributed by atoms with Crippen LogP contribution >= 0.6 is 12.4 Å². The highest BCUT2D eigenvalue weighted by atomic mass is 35.5. The van der Waals surface area contributed by atoms with Crippen LogP contribution < -0.4 is 15.9 Å². The molecule has 142 valence electrons. The van der Waals surface area contributed by atoms with Gasteiger partial charge in [0.2, 0.25) is 0 Å². The highest BCUT2D eigenvalue weighted by Crippen LogP contribution is 2.29. The Morgan fingerprint density at radius 3 is 2.73 bits per heavy atom. The van der Waals surface area contributed by atoms with Crippen LogP contribution in [0.4, 0.5) is 0 Å². The van der Waals surface area contributed by atoms with E-state index in [-0.39, 0.29) is 29.4 Å². The highest BCUT2D eigenvalue weighted by molar-refractivity contribution is 5.95. The van der Waals surface area contributed by atoms with Crippen LogP contribution in [0, 0.1) is 5.92 Å². The molecule has 1 fully saturated rings. The molecule has 0 amide bonds. The number of carbonyl (C=O) groups excluding carboxylic acids is 1. The van der Waals surface area contributed by atoms with Crippen LogP contribution in [0.5, 0.6) is 5.75 Å². The molecule has 3 rings (SSSR count). The number of benzene rings is 1. The summed E-state index contributed by atoms with van der Waals surface area (Å²) in [6.45, 7) is 0.684. The Labute approximate surface area is 159 Å². The maximum absolute atomic E-state index is 12.5. The summed E-state index contributed by atoms with van der Waals surface area (Å²) in [6, 6.07) is 6.43. The molecule has 2 N–H and O–H groups in total. The zero-order valence-corrected chi connectivity index (χ0v) is 15.7. The predicted molar refractivity (Wildman–Crippen MR) is 104 cm³/mol. The molecule has 0 saturated heterocycles. The molecule has 0 atom stereocenters. The summed E-state index contributed by atoms with van der Waals surface area (Å²) in [4.78, 5) is 24.9. The molecule has 0 aliphatic heterocycles. The van der Waals surface area contributed by atoms with E-state index in [1.807, 2.05) is 0 Å². The first-order valence-corrected chi connectivity index (χ1v) is 9.12. The molecule has 6 heteroatoms. The third-order valence-corrected chi connectivity index (χ3v) is 4.87. The molecular formula is C20H26ClNO4. The first kappa shape index (κ1) is 20.5. The molecule has 5 nitrogen and oxygen atoms in total. The number of halogens is 1. The number of hydrogen-bond donors (Lipinski definition) is 1. The lowest BCUT2D eigenvalue weighted by Crippen LogP contribution is -2.13. The van der Waals surface area contributed by atoms with Crippen LogP contribution in [-0.2, 0) is 0 Å². The summed E-state index contributed by atoms with van der Waals surface area (Å²) >= 11 is 0. The van der Waals surface area contributed by atoms with Gasteiger partial charge in [-0.15, -0.1) is 12.4 Å². The number of hydrogen-bond acceptors (Lipinski definition) is 5. The van der Waals surface area contributed by atoms with Gasteiger partial charge < -0.3 is 14.9 Å². The van der Waals surface area contributed by atoms with Gasteiger partial charge in [-0.2, -0.15) is 0 Å². The van der Waals surface area contributed by atoms with Gasteiger partial charge in [-0.3, -0.25) is 9.59 Å². The highest BCUT2D eigenvalue weighted by Gasteiger charge is 2.18. The lowest BCUT2D eigenvalue weighted by Gasteiger charge is -2.20. The Bertz CT molecular complexity index is 796. The average molecular weight is 380 g/mol. The summed E-state index contributed by atoms with van der Waals surface area (Å²) in [5, 5.41) is 0.415. The fraction of sp³-hybridized carbons (Fsp3) is 0.500. The van der Waals surface area contributed by atoms with Gasteiger partial charge in [0, 0.05) is 19.0 Å². The Morgan fingerprint density at radius 2 is 2.00 bits per heavy atom. The molecule has 1 aliphatic carbocycles. The molecule has 26 heavy (non-hydrogen) atoms. The van der Waals surface area contributed by atoms with Crippen molar-refractivity contribution in [2.75, 3.05) is 13.2 Å². The second-order valence-electron chi connectivity index (χ2n) is 6.71. The zero-order valence-electron chi connectivity index (χ0n) is 14.9. The van der Waals surface area contributed by atoms with Crippen molar-refractivity contribution in [2.24, 2.45) is 11.7 Å². The molecule has 1 aromatic heterocycles. The standard InChI is InChI=1S/C20H25NO4.ClH/c21-11-12-24-18-8-4-7-15-17(23)13-19(25-20(15)18)16(22)10-9-14-5-2-1-3-6-14;/h4,7-8,13-14H,1-3,5-6,9-12,21H2;1H. The number of carbonyl (C=O) groups is 1. The number of ketones is 1. The van der Waals surface area contributed by atoms with Crippen LogP contribution in [0.2, 0.25) is 0 Å². The van der Waals surface area contributed by atoms with Crippen molar-refractivity contribution in [1.82, 2.24) is 0 Å². The van der Waals surface area contributed by atoms with Crippen molar-refractivity contribution in [2.45, 2.75) is 44.9 Å². The predicted octanol–water partition coefficient (Wildman–Crippen LogP) is 4.10. The SMILES string of the molecule is Cl.NCCOc1cccc2c(=O)cc(C(=O)CCC3CCCCC3)oc12. The monoisotopic (exact) mass is 379 g/mol. The molecule has 0 unspecified atom stereocenters. The van der Waals surface area contributed by atoms with E-state index >= 15 is 0 Å². The van der Waals surface area contributed by atoms with Gasteiger partial charge in [-0.25, -0.2) is 0 Å². The van der Waals surface area contributed by atoms with Gasteiger partial charge in [0.15, 0.2) is 28.3 Å². The second kappa shape index (κ2) is 9.74. The van der Waals surface area contributed by atoms with Crippen LogP contribution in [0.3, 0.4) is 0 Å². The third-order valence-electron chi connectivity index (χ3n) is 4.87. The number of Topliss-reactive ketones (excluding diaryl/α,β-unsaturated/α-hetero) is 1. The summed E-state index contributed by atoms with van der Waals surface area (Å²) in [7, 11) is 0. The van der Waals surface area contributed by atoms with Gasteiger partial charge >= 0.3 is 0 Å². The van der Waals surface area contributed by atoms with Crippen LogP contribution in [-0.4, -0.2) is 18.9 Å².